The Balaban J connectivity index is 1.69. The molecule has 0 bridgehead atoms. The number of aromatic hydroxyl groups is 1. The SMILES string of the molecule is Cc1cc(C(=O)CC2SC(=Nc3ccc(O)cc3)NC2=O)ccc1Cl. The molecule has 1 saturated heterocycles. The molecule has 1 atom stereocenters. The summed E-state index contributed by atoms with van der Waals surface area (Å²) in [6.07, 6.45) is 0.0895. The van der Waals surface area contributed by atoms with E-state index >= 15 is 0 Å². The normalized spacial score (nSPS) is 18.4. The lowest BCUT2D eigenvalue weighted by Gasteiger charge is -2.06. The van der Waals surface area contributed by atoms with Gasteiger partial charge in [-0.2, -0.15) is 0 Å². The number of benzene rings is 2. The smallest absolute Gasteiger partial charge is 0.240 e. The Morgan fingerprint density at radius 2 is 2.00 bits per heavy atom. The van der Waals surface area contributed by atoms with E-state index in [0.717, 1.165) is 5.56 Å². The largest absolute Gasteiger partial charge is 0.508 e. The number of phenolic OH excluding ortho intramolecular Hbond substituents is 1. The van der Waals surface area contributed by atoms with Crippen molar-refractivity contribution in [1.82, 2.24) is 5.32 Å². The van der Waals surface area contributed by atoms with Crippen LogP contribution in [0.3, 0.4) is 0 Å². The van der Waals surface area contributed by atoms with Crippen LogP contribution in [0.2, 0.25) is 5.02 Å². The topological polar surface area (TPSA) is 78.8 Å². The Bertz CT molecular complexity index is 865. The molecule has 5 nitrogen and oxygen atoms in total. The zero-order valence-corrected chi connectivity index (χ0v) is 14.9. The number of hydrogen-bond acceptors (Lipinski definition) is 5. The molecular formula is C18H15ClN2O3S. The molecule has 1 aliphatic heterocycles. The average Bonchev–Trinajstić information content (AvgIpc) is 2.91. The lowest BCUT2D eigenvalue weighted by Crippen LogP contribution is -2.26. The van der Waals surface area contributed by atoms with E-state index in [1.54, 1.807) is 30.3 Å². The van der Waals surface area contributed by atoms with E-state index in [0.29, 0.717) is 21.4 Å². The van der Waals surface area contributed by atoms with E-state index < -0.39 is 5.25 Å². The molecule has 0 aliphatic carbocycles. The van der Waals surface area contributed by atoms with Crippen molar-refractivity contribution >= 4 is 45.9 Å². The molecule has 0 radical (unpaired) electrons. The van der Waals surface area contributed by atoms with E-state index in [4.69, 9.17) is 11.6 Å². The van der Waals surface area contributed by atoms with Gasteiger partial charge in [-0.1, -0.05) is 23.4 Å². The van der Waals surface area contributed by atoms with Crippen LogP contribution in [0.1, 0.15) is 22.3 Å². The van der Waals surface area contributed by atoms with Crippen molar-refractivity contribution in [3.05, 3.63) is 58.6 Å². The molecule has 128 valence electrons. The Morgan fingerprint density at radius 3 is 2.68 bits per heavy atom. The number of amidine groups is 1. The molecule has 0 aromatic heterocycles. The highest BCUT2D eigenvalue weighted by molar-refractivity contribution is 8.15. The van der Waals surface area contributed by atoms with Gasteiger partial charge in [-0.3, -0.25) is 9.59 Å². The van der Waals surface area contributed by atoms with Crippen LogP contribution in [0.5, 0.6) is 5.75 Å². The van der Waals surface area contributed by atoms with E-state index in [1.807, 2.05) is 6.92 Å². The maximum Gasteiger partial charge on any atom is 0.240 e. The van der Waals surface area contributed by atoms with E-state index in [2.05, 4.69) is 10.3 Å². The molecule has 2 aromatic rings. The third-order valence-electron chi connectivity index (χ3n) is 3.71. The number of Topliss-reactive ketones (excluding diaryl/α,β-unsaturated/α-hetero) is 1. The third kappa shape index (κ3) is 4.21. The summed E-state index contributed by atoms with van der Waals surface area (Å²) in [4.78, 5) is 28.8. The lowest BCUT2D eigenvalue weighted by atomic mass is 10.0. The quantitative estimate of drug-likeness (QED) is 0.797. The van der Waals surface area contributed by atoms with Gasteiger partial charge >= 0.3 is 0 Å². The van der Waals surface area contributed by atoms with E-state index in [1.165, 1.54) is 23.9 Å². The summed E-state index contributed by atoms with van der Waals surface area (Å²) in [5.74, 6) is -0.200. The second-order valence-corrected chi connectivity index (χ2v) is 7.22. The standard InChI is InChI=1S/C18H15ClN2O3S/c1-10-8-11(2-7-14(10)19)15(23)9-16-17(24)21-18(25-16)20-12-3-5-13(22)6-4-12/h2-8,16,22H,9H2,1H3,(H,20,21,24). The fourth-order valence-corrected chi connectivity index (χ4v) is 3.45. The van der Waals surface area contributed by atoms with Crippen LogP contribution in [-0.4, -0.2) is 27.2 Å². The Morgan fingerprint density at radius 1 is 1.28 bits per heavy atom. The van der Waals surface area contributed by atoms with Gasteiger partial charge in [0.2, 0.25) is 5.91 Å². The van der Waals surface area contributed by atoms with Crippen molar-refractivity contribution in [3.8, 4) is 5.75 Å². The summed E-state index contributed by atoms with van der Waals surface area (Å²) in [5.41, 5.74) is 1.98. The number of phenols is 1. The molecule has 1 fully saturated rings. The summed E-state index contributed by atoms with van der Waals surface area (Å²) in [5, 5.41) is 12.5. The molecule has 1 aliphatic rings. The number of nitrogens with zero attached hydrogens (tertiary/aromatic N) is 1. The van der Waals surface area contributed by atoms with Gasteiger partial charge in [-0.25, -0.2) is 4.99 Å². The fraction of sp³-hybridized carbons (Fsp3) is 0.167. The van der Waals surface area contributed by atoms with Gasteiger partial charge in [0, 0.05) is 17.0 Å². The van der Waals surface area contributed by atoms with Gasteiger partial charge in [-0.15, -0.1) is 0 Å². The lowest BCUT2D eigenvalue weighted by molar-refractivity contribution is -0.118. The maximum absolute atomic E-state index is 12.4. The highest BCUT2D eigenvalue weighted by Gasteiger charge is 2.32. The number of carbonyl (C=O) groups is 2. The molecule has 1 amide bonds. The number of ketones is 1. The molecule has 2 aromatic carbocycles. The van der Waals surface area contributed by atoms with Gasteiger partial charge in [0.15, 0.2) is 11.0 Å². The number of amides is 1. The number of rotatable bonds is 4. The number of halogens is 1. The first kappa shape index (κ1) is 17.5. The molecular weight excluding hydrogens is 360 g/mol. The Labute approximate surface area is 154 Å². The van der Waals surface area contributed by atoms with Gasteiger partial charge < -0.3 is 10.4 Å². The van der Waals surface area contributed by atoms with Crippen LogP contribution in [-0.2, 0) is 4.79 Å². The number of carbonyl (C=O) groups excluding carboxylic acids is 2. The predicted molar refractivity (Wildman–Crippen MR) is 99.9 cm³/mol. The second kappa shape index (κ2) is 7.29. The van der Waals surface area contributed by atoms with Crippen molar-refractivity contribution in [2.45, 2.75) is 18.6 Å². The first-order valence-electron chi connectivity index (χ1n) is 7.57. The zero-order chi connectivity index (χ0) is 18.0. The molecule has 7 heteroatoms. The summed E-state index contributed by atoms with van der Waals surface area (Å²) in [6, 6.07) is 11.4. The van der Waals surface area contributed by atoms with Crippen molar-refractivity contribution in [1.29, 1.82) is 0 Å². The van der Waals surface area contributed by atoms with Crippen molar-refractivity contribution < 1.29 is 14.7 Å². The fourth-order valence-electron chi connectivity index (χ4n) is 2.34. The molecule has 0 saturated carbocycles. The number of thioether (sulfide) groups is 1. The van der Waals surface area contributed by atoms with Crippen molar-refractivity contribution in [2.24, 2.45) is 4.99 Å². The Hall–Kier alpha value is -2.31. The number of aliphatic imine (C=N–C) groups is 1. The molecule has 1 heterocycles. The van der Waals surface area contributed by atoms with Crippen LogP contribution in [0.15, 0.2) is 47.5 Å². The number of aryl methyl sites for hydroxylation is 1. The average molecular weight is 375 g/mol. The van der Waals surface area contributed by atoms with E-state index in [-0.39, 0.29) is 23.9 Å². The highest BCUT2D eigenvalue weighted by atomic mass is 35.5. The van der Waals surface area contributed by atoms with Crippen LogP contribution >= 0.6 is 23.4 Å². The monoisotopic (exact) mass is 374 g/mol. The minimum absolute atomic E-state index is 0.0895. The van der Waals surface area contributed by atoms with Crippen LogP contribution in [0, 0.1) is 6.92 Å². The predicted octanol–water partition coefficient (Wildman–Crippen LogP) is 3.85. The summed E-state index contributed by atoms with van der Waals surface area (Å²) >= 11 is 7.20. The van der Waals surface area contributed by atoms with Crippen LogP contribution in [0.4, 0.5) is 5.69 Å². The second-order valence-electron chi connectivity index (χ2n) is 5.62. The minimum Gasteiger partial charge on any atom is -0.508 e. The van der Waals surface area contributed by atoms with Gasteiger partial charge in [0.05, 0.1) is 10.9 Å². The molecule has 1 unspecified atom stereocenters. The first-order valence-corrected chi connectivity index (χ1v) is 8.83. The van der Waals surface area contributed by atoms with Gasteiger partial charge in [0.1, 0.15) is 5.75 Å². The number of hydrogen-bond donors (Lipinski definition) is 2. The summed E-state index contributed by atoms with van der Waals surface area (Å²) in [6.45, 7) is 1.83. The van der Waals surface area contributed by atoms with Crippen molar-refractivity contribution in [2.75, 3.05) is 0 Å². The third-order valence-corrected chi connectivity index (χ3v) is 5.21. The number of nitrogens with one attached hydrogen (secondary N) is 1. The molecule has 0 spiro atoms. The summed E-state index contributed by atoms with van der Waals surface area (Å²) in [7, 11) is 0. The zero-order valence-electron chi connectivity index (χ0n) is 13.3. The molecule has 25 heavy (non-hydrogen) atoms. The van der Waals surface area contributed by atoms with E-state index in [9.17, 15) is 14.7 Å². The van der Waals surface area contributed by atoms with Crippen molar-refractivity contribution in [3.63, 3.8) is 0 Å². The van der Waals surface area contributed by atoms with Gasteiger partial charge in [0.25, 0.3) is 0 Å². The minimum atomic E-state index is -0.514. The summed E-state index contributed by atoms with van der Waals surface area (Å²) < 4.78 is 0. The van der Waals surface area contributed by atoms with Crippen LogP contribution < -0.4 is 5.32 Å². The maximum atomic E-state index is 12.4. The van der Waals surface area contributed by atoms with Crippen LogP contribution in [0.25, 0.3) is 0 Å². The highest BCUT2D eigenvalue weighted by Crippen LogP contribution is 2.27. The molecule has 3 rings (SSSR count). The Kier molecular flexibility index (Phi) is 5.11. The first-order chi connectivity index (χ1) is 11.9. The van der Waals surface area contributed by atoms with Gasteiger partial charge in [-0.05, 0) is 55.0 Å². The molecule has 2 N–H and O–H groups in total.